The van der Waals surface area contributed by atoms with Gasteiger partial charge in [-0.25, -0.2) is 18.5 Å². The monoisotopic (exact) mass is 242 g/mol. The Labute approximate surface area is 98.9 Å². The van der Waals surface area contributed by atoms with E-state index in [-0.39, 0.29) is 21.1 Å². The fourth-order valence-electron chi connectivity index (χ4n) is 1.72. The highest BCUT2D eigenvalue weighted by atomic mass is 32.2. The lowest BCUT2D eigenvalue weighted by atomic mass is 10.0. The number of benzene rings is 1. The normalized spacial score (nSPS) is 19.1. The van der Waals surface area contributed by atoms with E-state index >= 15 is 0 Å². The Hall–Kier alpha value is -2.37. The third-order valence-electron chi connectivity index (χ3n) is 2.50. The van der Waals surface area contributed by atoms with Gasteiger partial charge in [0.1, 0.15) is 0 Å². The number of nitrogens with zero attached hydrogens (tertiary/aromatic N) is 2. The molecule has 1 aliphatic heterocycles. The van der Waals surface area contributed by atoms with Crippen molar-refractivity contribution in [3.05, 3.63) is 58.4 Å². The first-order valence-electron chi connectivity index (χ1n) is 4.59. The van der Waals surface area contributed by atoms with Crippen LogP contribution in [0.15, 0.2) is 46.3 Å². The van der Waals surface area contributed by atoms with E-state index in [1.54, 1.807) is 24.3 Å². The van der Waals surface area contributed by atoms with E-state index in [9.17, 15) is 8.42 Å². The predicted molar refractivity (Wildman–Crippen MR) is 61.9 cm³/mol. The molecule has 0 spiro atoms. The maximum atomic E-state index is 12.0. The van der Waals surface area contributed by atoms with Crippen molar-refractivity contribution in [1.82, 2.24) is 0 Å². The molecule has 0 fully saturated rings. The molecule has 2 rings (SSSR count). The van der Waals surface area contributed by atoms with E-state index in [1.165, 1.54) is 6.07 Å². The van der Waals surface area contributed by atoms with Crippen molar-refractivity contribution >= 4 is 15.4 Å². The Bertz CT molecular complexity index is 727. The van der Waals surface area contributed by atoms with Crippen molar-refractivity contribution in [1.29, 1.82) is 5.26 Å². The summed E-state index contributed by atoms with van der Waals surface area (Å²) in [6, 6.07) is 7.97. The first-order chi connectivity index (χ1) is 8.04. The summed E-state index contributed by atoms with van der Waals surface area (Å²) < 4.78 is 24.0. The van der Waals surface area contributed by atoms with Crippen LogP contribution in [0.25, 0.3) is 10.4 Å². The van der Waals surface area contributed by atoms with Crippen LogP contribution in [0.3, 0.4) is 0 Å². The molecule has 0 aliphatic carbocycles. The van der Waals surface area contributed by atoms with Crippen LogP contribution in [0, 0.1) is 17.9 Å². The van der Waals surface area contributed by atoms with E-state index in [0.717, 1.165) is 0 Å². The van der Waals surface area contributed by atoms with Gasteiger partial charge in [-0.2, -0.15) is 0 Å². The molecule has 0 saturated heterocycles. The zero-order chi connectivity index (χ0) is 12.6. The van der Waals surface area contributed by atoms with Gasteiger partial charge in [0.25, 0.3) is 5.70 Å². The molecule has 0 N–H and O–H groups in total. The van der Waals surface area contributed by atoms with Crippen LogP contribution in [0.1, 0.15) is 5.56 Å². The molecule has 0 amide bonds. The lowest BCUT2D eigenvalue weighted by Gasteiger charge is -1.98. The predicted octanol–water partition coefficient (Wildman–Crippen LogP) is 2.14. The highest BCUT2D eigenvalue weighted by molar-refractivity contribution is 7.96. The molecule has 1 heterocycles. The second-order valence-electron chi connectivity index (χ2n) is 3.37. The van der Waals surface area contributed by atoms with Gasteiger partial charge in [0, 0.05) is 5.57 Å². The highest BCUT2D eigenvalue weighted by Crippen LogP contribution is 2.43. The number of nitriles is 1. The van der Waals surface area contributed by atoms with Gasteiger partial charge in [0.15, 0.2) is 0 Å². The van der Waals surface area contributed by atoms with Gasteiger partial charge in [0.2, 0.25) is 9.84 Å². The van der Waals surface area contributed by atoms with Gasteiger partial charge in [-0.3, -0.25) is 0 Å². The molecule has 0 radical (unpaired) electrons. The molecule has 4 nitrogen and oxygen atoms in total. The molecule has 0 saturated carbocycles. The van der Waals surface area contributed by atoms with E-state index in [2.05, 4.69) is 11.4 Å². The van der Waals surface area contributed by atoms with Gasteiger partial charge in [-0.1, -0.05) is 24.8 Å². The third-order valence-corrected chi connectivity index (χ3v) is 4.29. The number of fused-ring (bicyclic) bond motifs is 1. The van der Waals surface area contributed by atoms with Crippen LogP contribution >= 0.6 is 0 Å². The van der Waals surface area contributed by atoms with Gasteiger partial charge >= 0.3 is 0 Å². The quantitative estimate of drug-likeness (QED) is 0.517. The molecule has 5 heteroatoms. The first kappa shape index (κ1) is 11.1. The summed E-state index contributed by atoms with van der Waals surface area (Å²) in [7, 11) is -3.65. The van der Waals surface area contributed by atoms with Gasteiger partial charge < -0.3 is 0 Å². The number of sulfone groups is 1. The van der Waals surface area contributed by atoms with Crippen molar-refractivity contribution in [2.24, 2.45) is 0 Å². The molecule has 1 aromatic rings. The number of rotatable bonds is 0. The summed E-state index contributed by atoms with van der Waals surface area (Å²) in [6.45, 7) is 10.4. The molecule has 0 atom stereocenters. The summed E-state index contributed by atoms with van der Waals surface area (Å²) in [5, 5.41) is 8.84. The molecular weight excluding hydrogens is 236 g/mol. The highest BCUT2D eigenvalue weighted by Gasteiger charge is 2.36. The first-order valence-corrected chi connectivity index (χ1v) is 6.08. The SMILES string of the molecule is [C-]#[N+]/C(C#N)=C1\C(=C)S(=O)(=O)c2ccccc21. The number of allylic oxidation sites excluding steroid dienone is 2. The van der Waals surface area contributed by atoms with Crippen LogP contribution in [0.2, 0.25) is 0 Å². The second kappa shape index (κ2) is 3.58. The Morgan fingerprint density at radius 2 is 2.06 bits per heavy atom. The van der Waals surface area contributed by atoms with Gasteiger partial charge in [0.05, 0.1) is 22.4 Å². The van der Waals surface area contributed by atoms with Gasteiger partial charge in [-0.15, -0.1) is 0 Å². The largest absolute Gasteiger partial charge is 0.270 e. The molecule has 82 valence electrons. The van der Waals surface area contributed by atoms with E-state index in [4.69, 9.17) is 11.8 Å². The van der Waals surface area contributed by atoms with Crippen LogP contribution in [-0.4, -0.2) is 8.42 Å². The molecule has 17 heavy (non-hydrogen) atoms. The standard InChI is InChI=1S/C12H6N2O2S/c1-8-12(10(7-13)14-2)9-5-3-4-6-11(9)17(8,15)16/h3-6H,1H2/b12-10+. The van der Waals surface area contributed by atoms with Crippen molar-refractivity contribution in [2.45, 2.75) is 4.90 Å². The Morgan fingerprint density at radius 1 is 1.41 bits per heavy atom. The smallest absolute Gasteiger partial charge is 0.226 e. The summed E-state index contributed by atoms with van der Waals surface area (Å²) in [5.74, 6) is 0. The fraction of sp³-hybridized carbons (Fsp3) is 0. The molecule has 0 bridgehead atoms. The van der Waals surface area contributed by atoms with E-state index in [0.29, 0.717) is 5.56 Å². The molecular formula is C12H6N2O2S. The Morgan fingerprint density at radius 3 is 2.65 bits per heavy atom. The van der Waals surface area contributed by atoms with Crippen molar-refractivity contribution < 1.29 is 8.42 Å². The summed E-state index contributed by atoms with van der Waals surface area (Å²) in [6.07, 6.45) is 0. The minimum absolute atomic E-state index is 0.108. The zero-order valence-electron chi connectivity index (χ0n) is 8.64. The van der Waals surface area contributed by atoms with Crippen molar-refractivity contribution in [3.8, 4) is 6.07 Å². The number of hydrogen-bond donors (Lipinski definition) is 0. The maximum Gasteiger partial charge on any atom is 0.270 e. The minimum Gasteiger partial charge on any atom is -0.226 e. The average molecular weight is 242 g/mol. The van der Waals surface area contributed by atoms with Crippen molar-refractivity contribution in [3.63, 3.8) is 0 Å². The van der Waals surface area contributed by atoms with Crippen LogP contribution in [0.5, 0.6) is 0 Å². The third kappa shape index (κ3) is 1.37. The van der Waals surface area contributed by atoms with E-state index < -0.39 is 9.84 Å². The minimum atomic E-state index is -3.65. The second-order valence-corrected chi connectivity index (χ2v) is 5.31. The Balaban J connectivity index is 2.96. The van der Waals surface area contributed by atoms with E-state index in [1.807, 2.05) is 0 Å². The summed E-state index contributed by atoms with van der Waals surface area (Å²) >= 11 is 0. The summed E-state index contributed by atoms with van der Waals surface area (Å²) in [4.78, 5) is 2.98. The molecule has 0 unspecified atom stereocenters. The molecule has 0 aromatic heterocycles. The van der Waals surface area contributed by atoms with Crippen LogP contribution in [-0.2, 0) is 9.84 Å². The lowest BCUT2D eigenvalue weighted by molar-refractivity contribution is 0.604. The lowest BCUT2D eigenvalue weighted by Crippen LogP contribution is -1.96. The Kier molecular flexibility index (Phi) is 2.35. The average Bonchev–Trinajstić information content (AvgIpc) is 2.53. The maximum absolute atomic E-state index is 12.0. The fourth-order valence-corrected chi connectivity index (χ4v) is 3.18. The topological polar surface area (TPSA) is 62.3 Å². The summed E-state index contributed by atoms with van der Waals surface area (Å²) in [5.41, 5.74) is 0.256. The molecule has 1 aliphatic rings. The number of hydrogen-bond acceptors (Lipinski definition) is 3. The zero-order valence-corrected chi connectivity index (χ0v) is 9.45. The molecule has 1 aromatic carbocycles. The van der Waals surface area contributed by atoms with Crippen LogP contribution < -0.4 is 0 Å². The van der Waals surface area contributed by atoms with Gasteiger partial charge in [-0.05, 0) is 11.6 Å². The van der Waals surface area contributed by atoms with Crippen LogP contribution in [0.4, 0.5) is 0 Å². The van der Waals surface area contributed by atoms with Crippen molar-refractivity contribution in [2.75, 3.05) is 0 Å².